The zero-order valence-corrected chi connectivity index (χ0v) is 8.91. The second-order valence-corrected chi connectivity index (χ2v) is 4.00. The highest BCUT2D eigenvalue weighted by Crippen LogP contribution is 2.36. The Morgan fingerprint density at radius 3 is 2.12 bits per heavy atom. The SMILES string of the molecule is O=C(Nc1ccc(SC(F)(F)F)cc1)C(F)F. The van der Waals surface area contributed by atoms with Gasteiger partial charge in [-0.15, -0.1) is 0 Å². The molecule has 0 aliphatic carbocycles. The second-order valence-electron chi connectivity index (χ2n) is 2.86. The fourth-order valence-electron chi connectivity index (χ4n) is 0.937. The van der Waals surface area contributed by atoms with Crippen LogP contribution in [0.1, 0.15) is 0 Å². The zero-order valence-electron chi connectivity index (χ0n) is 8.09. The zero-order chi connectivity index (χ0) is 13.1. The van der Waals surface area contributed by atoms with Crippen LogP contribution in [0.3, 0.4) is 0 Å². The van der Waals surface area contributed by atoms with Crippen molar-refractivity contribution in [2.75, 3.05) is 5.32 Å². The summed E-state index contributed by atoms with van der Waals surface area (Å²) in [6.07, 6.45) is -3.17. The molecule has 1 aromatic carbocycles. The van der Waals surface area contributed by atoms with E-state index >= 15 is 0 Å². The van der Waals surface area contributed by atoms with Crippen molar-refractivity contribution in [3.63, 3.8) is 0 Å². The lowest BCUT2D eigenvalue weighted by atomic mass is 10.3. The van der Waals surface area contributed by atoms with Gasteiger partial charge in [0.2, 0.25) is 0 Å². The summed E-state index contributed by atoms with van der Waals surface area (Å²) in [5.74, 6) is -1.50. The summed E-state index contributed by atoms with van der Waals surface area (Å²) in [6.45, 7) is 0. The van der Waals surface area contributed by atoms with Crippen molar-refractivity contribution in [1.29, 1.82) is 0 Å². The Morgan fingerprint density at radius 1 is 1.18 bits per heavy atom. The molecule has 1 N–H and O–H groups in total. The molecule has 0 saturated heterocycles. The highest BCUT2D eigenvalue weighted by molar-refractivity contribution is 8.00. The summed E-state index contributed by atoms with van der Waals surface area (Å²) in [7, 11) is 0. The molecule has 0 atom stereocenters. The lowest BCUT2D eigenvalue weighted by Crippen LogP contribution is -2.19. The van der Waals surface area contributed by atoms with E-state index in [9.17, 15) is 26.7 Å². The fraction of sp³-hybridized carbons (Fsp3) is 0.222. The van der Waals surface area contributed by atoms with Crippen LogP contribution in [0.4, 0.5) is 27.6 Å². The minimum absolute atomic E-state index is 0.0156. The van der Waals surface area contributed by atoms with Crippen LogP contribution in [0.5, 0.6) is 0 Å². The average Bonchev–Trinajstić information content (AvgIpc) is 2.18. The van der Waals surface area contributed by atoms with Crippen LogP contribution in [0.2, 0.25) is 0 Å². The van der Waals surface area contributed by atoms with E-state index in [0.717, 1.165) is 24.3 Å². The van der Waals surface area contributed by atoms with Gasteiger partial charge < -0.3 is 5.32 Å². The molecule has 0 fully saturated rings. The van der Waals surface area contributed by atoms with Crippen molar-refractivity contribution < 1.29 is 26.7 Å². The molecule has 1 rings (SSSR count). The third-order valence-electron chi connectivity index (χ3n) is 1.55. The first-order valence-electron chi connectivity index (χ1n) is 4.23. The lowest BCUT2D eigenvalue weighted by Gasteiger charge is -2.07. The largest absolute Gasteiger partial charge is 0.446 e. The molecule has 0 bridgehead atoms. The Labute approximate surface area is 97.2 Å². The minimum atomic E-state index is -4.41. The van der Waals surface area contributed by atoms with Crippen molar-refractivity contribution in [3.05, 3.63) is 24.3 Å². The minimum Gasteiger partial charge on any atom is -0.321 e. The molecular formula is C9H6F5NOS. The Kier molecular flexibility index (Phi) is 4.33. The summed E-state index contributed by atoms with van der Waals surface area (Å²) >= 11 is -0.326. The fourth-order valence-corrected chi connectivity index (χ4v) is 1.48. The van der Waals surface area contributed by atoms with Crippen LogP contribution in [0.15, 0.2) is 29.2 Å². The topological polar surface area (TPSA) is 29.1 Å². The molecule has 17 heavy (non-hydrogen) atoms. The number of thioether (sulfide) groups is 1. The number of rotatable bonds is 3. The quantitative estimate of drug-likeness (QED) is 0.673. The number of hydrogen-bond acceptors (Lipinski definition) is 2. The average molecular weight is 271 g/mol. The van der Waals surface area contributed by atoms with E-state index in [-0.39, 0.29) is 22.3 Å². The van der Waals surface area contributed by atoms with E-state index in [2.05, 4.69) is 0 Å². The van der Waals surface area contributed by atoms with Crippen LogP contribution >= 0.6 is 11.8 Å². The third-order valence-corrected chi connectivity index (χ3v) is 2.29. The third kappa shape index (κ3) is 5.03. The van der Waals surface area contributed by atoms with Gasteiger partial charge >= 0.3 is 11.9 Å². The molecule has 0 saturated carbocycles. The molecule has 0 radical (unpaired) electrons. The number of halogens is 5. The second kappa shape index (κ2) is 5.35. The van der Waals surface area contributed by atoms with Gasteiger partial charge in [0.05, 0.1) is 0 Å². The smallest absolute Gasteiger partial charge is 0.321 e. The standard InChI is InChI=1S/C9H6F5NOS/c10-7(11)8(16)15-5-1-3-6(4-2-5)17-9(12,13)14/h1-4,7H,(H,15,16). The summed E-state index contributed by atoms with van der Waals surface area (Å²) in [5, 5.41) is 1.85. The van der Waals surface area contributed by atoms with Gasteiger partial charge in [-0.2, -0.15) is 22.0 Å². The first-order valence-corrected chi connectivity index (χ1v) is 5.04. The molecule has 0 spiro atoms. The van der Waals surface area contributed by atoms with Crippen LogP contribution in [-0.2, 0) is 4.79 Å². The molecule has 0 heterocycles. The number of benzene rings is 1. The molecule has 0 aliphatic rings. The van der Waals surface area contributed by atoms with E-state index in [1.54, 1.807) is 0 Å². The predicted octanol–water partition coefficient (Wildman–Crippen LogP) is 3.50. The van der Waals surface area contributed by atoms with Crippen molar-refractivity contribution in [2.45, 2.75) is 16.8 Å². The summed E-state index contributed by atoms with van der Waals surface area (Å²) < 4.78 is 59.6. The van der Waals surface area contributed by atoms with E-state index in [1.807, 2.05) is 5.32 Å². The van der Waals surface area contributed by atoms with Gasteiger partial charge in [-0.05, 0) is 36.0 Å². The first-order chi connectivity index (χ1) is 7.78. The number of nitrogens with one attached hydrogen (secondary N) is 1. The maximum absolute atomic E-state index is 12.0. The maximum atomic E-state index is 12.0. The molecule has 2 nitrogen and oxygen atoms in total. The number of anilines is 1. The highest BCUT2D eigenvalue weighted by atomic mass is 32.2. The molecule has 1 aromatic rings. The van der Waals surface area contributed by atoms with E-state index in [4.69, 9.17) is 0 Å². The molecular weight excluding hydrogens is 265 g/mol. The Hall–Kier alpha value is -1.31. The summed E-state index contributed by atoms with van der Waals surface area (Å²) in [5.41, 5.74) is -4.39. The van der Waals surface area contributed by atoms with E-state index < -0.39 is 17.8 Å². The monoisotopic (exact) mass is 271 g/mol. The maximum Gasteiger partial charge on any atom is 0.446 e. The van der Waals surface area contributed by atoms with Gasteiger partial charge in [-0.1, -0.05) is 0 Å². The van der Waals surface area contributed by atoms with Crippen molar-refractivity contribution in [2.24, 2.45) is 0 Å². The molecule has 94 valence electrons. The van der Waals surface area contributed by atoms with Crippen LogP contribution in [-0.4, -0.2) is 17.8 Å². The predicted molar refractivity (Wildman–Crippen MR) is 53.0 cm³/mol. The first kappa shape index (κ1) is 13.8. The molecule has 8 heteroatoms. The van der Waals surface area contributed by atoms with Crippen LogP contribution < -0.4 is 5.32 Å². The van der Waals surface area contributed by atoms with Crippen LogP contribution in [0.25, 0.3) is 0 Å². The molecule has 0 aliphatic heterocycles. The van der Waals surface area contributed by atoms with E-state index in [1.165, 1.54) is 0 Å². The Morgan fingerprint density at radius 2 is 1.71 bits per heavy atom. The van der Waals surface area contributed by atoms with Gasteiger partial charge in [-0.3, -0.25) is 4.79 Å². The Bertz CT molecular complexity index is 389. The van der Waals surface area contributed by atoms with Crippen molar-refractivity contribution >= 4 is 23.4 Å². The molecule has 1 amide bonds. The number of alkyl halides is 5. The van der Waals surface area contributed by atoms with Gasteiger partial charge in [0.1, 0.15) is 0 Å². The lowest BCUT2D eigenvalue weighted by molar-refractivity contribution is -0.126. The van der Waals surface area contributed by atoms with Crippen molar-refractivity contribution in [1.82, 2.24) is 0 Å². The Balaban J connectivity index is 2.65. The van der Waals surface area contributed by atoms with Gasteiger partial charge in [-0.25, -0.2) is 0 Å². The normalized spacial score (nSPS) is 11.6. The number of hydrogen-bond donors (Lipinski definition) is 1. The van der Waals surface area contributed by atoms with Gasteiger partial charge in [0.25, 0.3) is 5.91 Å². The van der Waals surface area contributed by atoms with Gasteiger partial charge in [0, 0.05) is 10.6 Å². The number of carbonyl (C=O) groups excluding carboxylic acids is 1. The summed E-state index contributed by atoms with van der Waals surface area (Å²) in [4.78, 5) is 10.5. The van der Waals surface area contributed by atoms with Crippen molar-refractivity contribution in [3.8, 4) is 0 Å². The molecule has 0 aromatic heterocycles. The number of carbonyl (C=O) groups is 1. The summed E-state index contributed by atoms with van der Waals surface area (Å²) in [6, 6.07) is 4.40. The van der Waals surface area contributed by atoms with Gasteiger partial charge in [0.15, 0.2) is 0 Å². The van der Waals surface area contributed by atoms with E-state index in [0.29, 0.717) is 0 Å². The molecule has 0 unspecified atom stereocenters. The van der Waals surface area contributed by atoms with Crippen LogP contribution in [0, 0.1) is 0 Å². The number of amides is 1. The highest BCUT2D eigenvalue weighted by Gasteiger charge is 2.29.